The molecule has 1 aliphatic heterocycles. The summed E-state index contributed by atoms with van der Waals surface area (Å²) in [4.78, 5) is 25.2. The lowest BCUT2D eigenvalue weighted by molar-refractivity contribution is -0.135. The van der Waals surface area contributed by atoms with Crippen molar-refractivity contribution >= 4 is 30.0 Å². The van der Waals surface area contributed by atoms with Crippen molar-refractivity contribution in [3.8, 4) is 11.5 Å². The van der Waals surface area contributed by atoms with Crippen molar-refractivity contribution in [2.75, 3.05) is 12.4 Å². The molecule has 4 rings (SSSR count). The Bertz CT molecular complexity index is 1200. The predicted octanol–water partition coefficient (Wildman–Crippen LogP) is 3.93. The lowest BCUT2D eigenvalue weighted by atomic mass is 9.70. The minimum absolute atomic E-state index is 0. The van der Waals surface area contributed by atoms with Gasteiger partial charge in [-0.15, -0.1) is 12.4 Å². The number of nitrogens with two attached hydrogens (primary N) is 1. The molecule has 1 aliphatic rings. The Balaban J connectivity index is 0.00000306. The van der Waals surface area contributed by atoms with Gasteiger partial charge in [0.15, 0.2) is 11.6 Å². The molecule has 0 saturated carbocycles. The molecule has 6 nitrogen and oxygen atoms in total. The first-order valence-electron chi connectivity index (χ1n) is 9.81. The normalized spacial score (nSPS) is 17.4. The summed E-state index contributed by atoms with van der Waals surface area (Å²) in [5.74, 6) is -2.52. The number of esters is 1. The SMILES string of the molecule is COc1ccc(C2(c3ccc(OC(=O)[C@H](C)N)cc3)C(=O)Nc3c2ccc(F)c3F)cc1.Cl. The largest absolute Gasteiger partial charge is 0.497 e. The van der Waals surface area contributed by atoms with E-state index in [0.717, 1.165) is 6.07 Å². The molecule has 0 fully saturated rings. The van der Waals surface area contributed by atoms with Crippen LogP contribution >= 0.6 is 12.4 Å². The summed E-state index contributed by atoms with van der Waals surface area (Å²) in [6, 6.07) is 14.6. The molecule has 33 heavy (non-hydrogen) atoms. The van der Waals surface area contributed by atoms with Gasteiger partial charge in [-0.1, -0.05) is 30.3 Å². The fourth-order valence-corrected chi connectivity index (χ4v) is 3.88. The second kappa shape index (κ2) is 9.17. The molecule has 2 atom stereocenters. The van der Waals surface area contributed by atoms with Crippen molar-refractivity contribution in [1.29, 1.82) is 0 Å². The van der Waals surface area contributed by atoms with Crippen molar-refractivity contribution in [3.05, 3.63) is 89.0 Å². The quantitative estimate of drug-likeness (QED) is 0.432. The molecule has 0 aromatic heterocycles. The Kier molecular flexibility index (Phi) is 6.71. The van der Waals surface area contributed by atoms with Crippen LogP contribution in [0.3, 0.4) is 0 Å². The third kappa shape index (κ3) is 3.92. The van der Waals surface area contributed by atoms with Crippen LogP contribution < -0.4 is 20.5 Å². The third-order valence-electron chi connectivity index (χ3n) is 5.48. The number of fused-ring (bicyclic) bond motifs is 1. The van der Waals surface area contributed by atoms with Crippen LogP contribution in [0.1, 0.15) is 23.6 Å². The van der Waals surface area contributed by atoms with Gasteiger partial charge in [-0.2, -0.15) is 0 Å². The molecule has 0 saturated heterocycles. The van der Waals surface area contributed by atoms with E-state index in [1.165, 1.54) is 32.2 Å². The van der Waals surface area contributed by atoms with Crippen molar-refractivity contribution in [1.82, 2.24) is 0 Å². The molecule has 1 unspecified atom stereocenters. The van der Waals surface area contributed by atoms with Crippen molar-refractivity contribution < 1.29 is 27.8 Å². The van der Waals surface area contributed by atoms with Gasteiger partial charge >= 0.3 is 5.97 Å². The smallest absolute Gasteiger partial charge is 0.328 e. The number of nitrogens with one attached hydrogen (secondary N) is 1. The van der Waals surface area contributed by atoms with Gasteiger partial charge in [-0.05, 0) is 48.4 Å². The highest BCUT2D eigenvalue weighted by molar-refractivity contribution is 6.11. The number of hydrogen-bond donors (Lipinski definition) is 2. The standard InChI is InChI=1S/C24H20F2N2O4.ClH/c1-13(27)22(29)32-17-9-5-15(6-10-17)24(14-3-7-16(31-2)8-4-14)18-11-12-19(25)20(26)21(18)28-23(24)30;/h3-13H,27H2,1-2H3,(H,28,30);1H/t13-,24?;/m0./s1. The highest BCUT2D eigenvalue weighted by atomic mass is 35.5. The summed E-state index contributed by atoms with van der Waals surface area (Å²) < 4.78 is 38.9. The fourth-order valence-electron chi connectivity index (χ4n) is 3.88. The number of anilines is 1. The zero-order chi connectivity index (χ0) is 23.0. The van der Waals surface area contributed by atoms with Crippen LogP contribution in [0, 0.1) is 11.6 Å². The highest BCUT2D eigenvalue weighted by Gasteiger charge is 2.51. The first kappa shape index (κ1) is 24.2. The first-order chi connectivity index (χ1) is 15.3. The van der Waals surface area contributed by atoms with E-state index in [2.05, 4.69) is 5.32 Å². The van der Waals surface area contributed by atoms with Crippen LogP contribution in [-0.4, -0.2) is 25.0 Å². The molecule has 0 radical (unpaired) electrons. The Morgan fingerprint density at radius 2 is 1.52 bits per heavy atom. The predicted molar refractivity (Wildman–Crippen MR) is 121 cm³/mol. The zero-order valence-corrected chi connectivity index (χ0v) is 18.5. The van der Waals surface area contributed by atoms with Gasteiger partial charge in [0.1, 0.15) is 23.0 Å². The number of methoxy groups -OCH3 is 1. The van der Waals surface area contributed by atoms with Gasteiger partial charge in [0.05, 0.1) is 12.8 Å². The van der Waals surface area contributed by atoms with E-state index in [1.54, 1.807) is 36.4 Å². The topological polar surface area (TPSA) is 90.7 Å². The van der Waals surface area contributed by atoms with Gasteiger partial charge in [0, 0.05) is 5.56 Å². The Hall–Kier alpha value is -3.49. The summed E-state index contributed by atoms with van der Waals surface area (Å²) in [5, 5.41) is 2.50. The summed E-state index contributed by atoms with van der Waals surface area (Å²) in [6.07, 6.45) is 0. The molecule has 0 aliphatic carbocycles. The Labute approximate surface area is 195 Å². The van der Waals surface area contributed by atoms with E-state index < -0.39 is 35.0 Å². The Morgan fingerprint density at radius 3 is 2.03 bits per heavy atom. The molecule has 3 aromatic carbocycles. The number of carbonyl (C=O) groups excluding carboxylic acids is 2. The molecule has 172 valence electrons. The number of hydrogen-bond acceptors (Lipinski definition) is 5. The van der Waals surface area contributed by atoms with E-state index >= 15 is 0 Å². The van der Waals surface area contributed by atoms with Gasteiger partial charge in [0.25, 0.3) is 0 Å². The lowest BCUT2D eigenvalue weighted by Crippen LogP contribution is -2.37. The number of rotatable bonds is 5. The van der Waals surface area contributed by atoms with E-state index in [-0.39, 0.29) is 29.4 Å². The summed E-state index contributed by atoms with van der Waals surface area (Å²) in [7, 11) is 1.52. The number of halogens is 3. The molecule has 0 spiro atoms. The number of benzene rings is 3. The zero-order valence-electron chi connectivity index (χ0n) is 17.7. The summed E-state index contributed by atoms with van der Waals surface area (Å²) in [5.41, 5.74) is 5.14. The number of ether oxygens (including phenoxy) is 2. The second-order valence-electron chi connectivity index (χ2n) is 7.45. The molecular weight excluding hydrogens is 454 g/mol. The van der Waals surface area contributed by atoms with Crippen molar-refractivity contribution in [2.24, 2.45) is 5.73 Å². The monoisotopic (exact) mass is 474 g/mol. The van der Waals surface area contributed by atoms with Crippen molar-refractivity contribution in [2.45, 2.75) is 18.4 Å². The average molecular weight is 475 g/mol. The Morgan fingerprint density at radius 1 is 0.970 bits per heavy atom. The first-order valence-corrected chi connectivity index (χ1v) is 9.81. The molecule has 3 aromatic rings. The number of carbonyl (C=O) groups is 2. The molecule has 1 amide bonds. The highest BCUT2D eigenvalue weighted by Crippen LogP contribution is 2.49. The molecule has 3 N–H and O–H groups in total. The maximum absolute atomic E-state index is 14.6. The van der Waals surface area contributed by atoms with Gasteiger partial charge in [-0.3, -0.25) is 4.79 Å². The summed E-state index contributed by atoms with van der Waals surface area (Å²) in [6.45, 7) is 1.50. The molecule has 0 bridgehead atoms. The molecule has 9 heteroatoms. The summed E-state index contributed by atoms with van der Waals surface area (Å²) >= 11 is 0. The fraction of sp³-hybridized carbons (Fsp3) is 0.167. The second-order valence-corrected chi connectivity index (χ2v) is 7.45. The van der Waals surface area contributed by atoms with Gasteiger partial charge < -0.3 is 20.5 Å². The van der Waals surface area contributed by atoms with Crippen LogP contribution in [0.2, 0.25) is 0 Å². The van der Waals surface area contributed by atoms with Crippen LogP contribution in [0.5, 0.6) is 11.5 Å². The van der Waals surface area contributed by atoms with E-state index in [0.29, 0.717) is 16.9 Å². The van der Waals surface area contributed by atoms with E-state index in [9.17, 15) is 18.4 Å². The van der Waals surface area contributed by atoms with Gasteiger partial charge in [0.2, 0.25) is 5.91 Å². The van der Waals surface area contributed by atoms with Crippen LogP contribution in [0.15, 0.2) is 60.7 Å². The van der Waals surface area contributed by atoms with Crippen LogP contribution in [-0.2, 0) is 15.0 Å². The maximum atomic E-state index is 14.6. The number of amides is 1. The minimum atomic E-state index is -1.46. The third-order valence-corrected chi connectivity index (χ3v) is 5.48. The molecular formula is C24H21ClF2N2O4. The van der Waals surface area contributed by atoms with E-state index in [1.807, 2.05) is 0 Å². The maximum Gasteiger partial charge on any atom is 0.328 e. The average Bonchev–Trinajstić information content (AvgIpc) is 3.10. The van der Waals surface area contributed by atoms with Gasteiger partial charge in [-0.25, -0.2) is 13.6 Å². The van der Waals surface area contributed by atoms with Crippen LogP contribution in [0.4, 0.5) is 14.5 Å². The van der Waals surface area contributed by atoms with Crippen molar-refractivity contribution in [3.63, 3.8) is 0 Å². The van der Waals surface area contributed by atoms with Crippen LogP contribution in [0.25, 0.3) is 0 Å². The lowest BCUT2D eigenvalue weighted by Gasteiger charge is -2.29. The minimum Gasteiger partial charge on any atom is -0.497 e. The molecule has 1 heterocycles. The van der Waals surface area contributed by atoms with E-state index in [4.69, 9.17) is 15.2 Å².